The van der Waals surface area contributed by atoms with Gasteiger partial charge in [0.15, 0.2) is 0 Å². The molecule has 0 saturated heterocycles. The van der Waals surface area contributed by atoms with Crippen molar-refractivity contribution in [2.75, 3.05) is 26.7 Å². The lowest BCUT2D eigenvalue weighted by Crippen LogP contribution is -2.40. The Kier molecular flexibility index (Phi) is 5.40. The van der Waals surface area contributed by atoms with Gasteiger partial charge >= 0.3 is 0 Å². The van der Waals surface area contributed by atoms with Crippen molar-refractivity contribution in [2.24, 2.45) is 5.73 Å². The standard InChI is InChI=1S/C16H26N2O2/c1-18(13-16(19)8-2-3-9-16)10-11-20-15-6-4-14(12-17)5-7-15/h4-7,19H,2-3,8-13,17H2,1H3. The molecule has 3 N–H and O–H groups in total. The Hall–Kier alpha value is -1.10. The van der Waals surface area contributed by atoms with E-state index in [0.29, 0.717) is 13.2 Å². The maximum atomic E-state index is 10.3. The summed E-state index contributed by atoms with van der Waals surface area (Å²) in [5, 5.41) is 10.3. The molecule has 1 aliphatic carbocycles. The molecule has 1 aromatic rings. The highest BCUT2D eigenvalue weighted by Crippen LogP contribution is 2.29. The zero-order valence-electron chi connectivity index (χ0n) is 12.3. The van der Waals surface area contributed by atoms with Crippen LogP contribution < -0.4 is 10.5 Å². The average molecular weight is 278 g/mol. The summed E-state index contributed by atoms with van der Waals surface area (Å²) in [6.07, 6.45) is 4.15. The molecule has 20 heavy (non-hydrogen) atoms. The van der Waals surface area contributed by atoms with Gasteiger partial charge in [0.05, 0.1) is 5.60 Å². The van der Waals surface area contributed by atoms with Gasteiger partial charge in [-0.2, -0.15) is 0 Å². The number of nitrogens with zero attached hydrogens (tertiary/aromatic N) is 1. The van der Waals surface area contributed by atoms with Crippen LogP contribution in [0.3, 0.4) is 0 Å². The van der Waals surface area contributed by atoms with Crippen LogP contribution in [-0.2, 0) is 6.54 Å². The van der Waals surface area contributed by atoms with E-state index in [-0.39, 0.29) is 0 Å². The number of hydrogen-bond acceptors (Lipinski definition) is 4. The predicted octanol–water partition coefficient (Wildman–Crippen LogP) is 1.76. The van der Waals surface area contributed by atoms with E-state index in [1.807, 2.05) is 31.3 Å². The average Bonchev–Trinajstić information content (AvgIpc) is 2.86. The quantitative estimate of drug-likeness (QED) is 0.798. The molecule has 0 heterocycles. The second kappa shape index (κ2) is 7.07. The van der Waals surface area contributed by atoms with E-state index in [9.17, 15) is 5.11 Å². The molecule has 0 amide bonds. The van der Waals surface area contributed by atoms with Crippen molar-refractivity contribution >= 4 is 0 Å². The Morgan fingerprint density at radius 2 is 1.90 bits per heavy atom. The Morgan fingerprint density at radius 3 is 2.50 bits per heavy atom. The summed E-state index contributed by atoms with van der Waals surface area (Å²) in [6.45, 7) is 2.75. The van der Waals surface area contributed by atoms with Crippen molar-refractivity contribution in [2.45, 2.75) is 37.8 Å². The Labute approximate surface area is 121 Å². The molecular formula is C16H26N2O2. The molecule has 1 saturated carbocycles. The van der Waals surface area contributed by atoms with E-state index in [2.05, 4.69) is 4.90 Å². The summed E-state index contributed by atoms with van der Waals surface area (Å²) in [7, 11) is 2.04. The molecule has 0 aliphatic heterocycles. The Balaban J connectivity index is 1.69. The number of aliphatic hydroxyl groups is 1. The van der Waals surface area contributed by atoms with Gasteiger partial charge in [-0.05, 0) is 37.6 Å². The summed E-state index contributed by atoms with van der Waals surface area (Å²) < 4.78 is 5.71. The second-order valence-electron chi connectivity index (χ2n) is 5.87. The third-order valence-electron chi connectivity index (χ3n) is 4.00. The topological polar surface area (TPSA) is 58.7 Å². The maximum Gasteiger partial charge on any atom is 0.119 e. The van der Waals surface area contributed by atoms with Gasteiger partial charge in [0, 0.05) is 19.6 Å². The van der Waals surface area contributed by atoms with Crippen LogP contribution in [0.15, 0.2) is 24.3 Å². The summed E-state index contributed by atoms with van der Waals surface area (Å²) in [6, 6.07) is 7.87. The lowest BCUT2D eigenvalue weighted by Gasteiger charge is -2.28. The van der Waals surface area contributed by atoms with E-state index in [4.69, 9.17) is 10.5 Å². The van der Waals surface area contributed by atoms with Crippen LogP contribution in [-0.4, -0.2) is 42.4 Å². The van der Waals surface area contributed by atoms with Gasteiger partial charge in [-0.15, -0.1) is 0 Å². The van der Waals surface area contributed by atoms with Gasteiger partial charge < -0.3 is 20.5 Å². The van der Waals surface area contributed by atoms with Gasteiger partial charge in [0.2, 0.25) is 0 Å². The fraction of sp³-hybridized carbons (Fsp3) is 0.625. The molecule has 2 rings (SSSR count). The lowest BCUT2D eigenvalue weighted by atomic mass is 10.0. The minimum atomic E-state index is -0.475. The van der Waals surface area contributed by atoms with Crippen LogP contribution in [0.4, 0.5) is 0 Å². The van der Waals surface area contributed by atoms with Crippen molar-refractivity contribution in [1.82, 2.24) is 4.90 Å². The molecule has 1 fully saturated rings. The molecular weight excluding hydrogens is 252 g/mol. The van der Waals surface area contributed by atoms with Crippen molar-refractivity contribution in [1.29, 1.82) is 0 Å². The van der Waals surface area contributed by atoms with E-state index in [1.165, 1.54) is 0 Å². The molecule has 0 aromatic heterocycles. The van der Waals surface area contributed by atoms with Crippen LogP contribution in [0.2, 0.25) is 0 Å². The lowest BCUT2D eigenvalue weighted by molar-refractivity contribution is 0.0139. The van der Waals surface area contributed by atoms with Gasteiger partial charge in [0.25, 0.3) is 0 Å². The first-order chi connectivity index (χ1) is 9.61. The summed E-state index contributed by atoms with van der Waals surface area (Å²) in [5.74, 6) is 0.871. The van der Waals surface area contributed by atoms with E-state index >= 15 is 0 Å². The molecule has 4 nitrogen and oxygen atoms in total. The first kappa shape index (κ1) is 15.3. The first-order valence-corrected chi connectivity index (χ1v) is 7.44. The highest BCUT2D eigenvalue weighted by Gasteiger charge is 2.31. The predicted molar refractivity (Wildman–Crippen MR) is 80.7 cm³/mol. The van der Waals surface area contributed by atoms with E-state index in [0.717, 1.165) is 50.1 Å². The number of hydrogen-bond donors (Lipinski definition) is 2. The number of nitrogens with two attached hydrogens (primary N) is 1. The molecule has 0 radical (unpaired) electrons. The number of rotatable bonds is 7. The zero-order chi connectivity index (χ0) is 14.4. The third kappa shape index (κ3) is 4.47. The Morgan fingerprint density at radius 1 is 1.25 bits per heavy atom. The molecule has 0 spiro atoms. The van der Waals surface area contributed by atoms with Crippen LogP contribution in [0.25, 0.3) is 0 Å². The maximum absolute atomic E-state index is 10.3. The van der Waals surface area contributed by atoms with Gasteiger partial charge in [0.1, 0.15) is 12.4 Å². The van der Waals surface area contributed by atoms with Crippen molar-refractivity contribution in [3.05, 3.63) is 29.8 Å². The van der Waals surface area contributed by atoms with E-state index < -0.39 is 5.60 Å². The fourth-order valence-electron chi connectivity index (χ4n) is 2.81. The number of benzene rings is 1. The summed E-state index contributed by atoms with van der Waals surface area (Å²) >= 11 is 0. The normalized spacial score (nSPS) is 17.6. The second-order valence-corrected chi connectivity index (χ2v) is 5.87. The fourth-order valence-corrected chi connectivity index (χ4v) is 2.81. The minimum Gasteiger partial charge on any atom is -0.492 e. The first-order valence-electron chi connectivity index (χ1n) is 7.44. The molecule has 1 aromatic carbocycles. The highest BCUT2D eigenvalue weighted by atomic mass is 16.5. The smallest absolute Gasteiger partial charge is 0.119 e. The Bertz CT molecular complexity index is 399. The van der Waals surface area contributed by atoms with Crippen LogP contribution in [0.1, 0.15) is 31.2 Å². The van der Waals surface area contributed by atoms with Gasteiger partial charge in [-0.1, -0.05) is 25.0 Å². The van der Waals surface area contributed by atoms with Crippen molar-refractivity contribution in [3.8, 4) is 5.75 Å². The molecule has 112 valence electrons. The van der Waals surface area contributed by atoms with Crippen LogP contribution in [0.5, 0.6) is 5.75 Å². The number of ether oxygens (including phenoxy) is 1. The van der Waals surface area contributed by atoms with Gasteiger partial charge in [-0.25, -0.2) is 0 Å². The van der Waals surface area contributed by atoms with Crippen molar-refractivity contribution < 1.29 is 9.84 Å². The highest BCUT2D eigenvalue weighted by molar-refractivity contribution is 5.27. The zero-order valence-corrected chi connectivity index (χ0v) is 12.3. The largest absolute Gasteiger partial charge is 0.492 e. The summed E-state index contributed by atoms with van der Waals surface area (Å²) in [5.41, 5.74) is 6.19. The van der Waals surface area contributed by atoms with E-state index in [1.54, 1.807) is 0 Å². The monoisotopic (exact) mass is 278 g/mol. The van der Waals surface area contributed by atoms with Crippen molar-refractivity contribution in [3.63, 3.8) is 0 Å². The minimum absolute atomic E-state index is 0.475. The van der Waals surface area contributed by atoms with Gasteiger partial charge in [-0.3, -0.25) is 0 Å². The molecule has 4 heteroatoms. The third-order valence-corrected chi connectivity index (χ3v) is 4.00. The number of likely N-dealkylation sites (N-methyl/N-ethyl adjacent to an activating group) is 1. The van der Waals surface area contributed by atoms with Crippen LogP contribution >= 0.6 is 0 Å². The molecule has 1 aliphatic rings. The van der Waals surface area contributed by atoms with Crippen LogP contribution in [0, 0.1) is 0 Å². The molecule has 0 unspecified atom stereocenters. The summed E-state index contributed by atoms with van der Waals surface area (Å²) in [4.78, 5) is 2.15. The molecule has 0 bridgehead atoms. The SMILES string of the molecule is CN(CCOc1ccc(CN)cc1)CC1(O)CCCC1. The molecule has 0 atom stereocenters.